The van der Waals surface area contributed by atoms with Crippen molar-refractivity contribution in [1.29, 1.82) is 0 Å². The minimum absolute atomic E-state index is 0.430. The van der Waals surface area contributed by atoms with Gasteiger partial charge in [-0.2, -0.15) is 0 Å². The molecule has 1 saturated heterocycles. The molecule has 2 aromatic rings. The highest BCUT2D eigenvalue weighted by atomic mass is 15.3. The summed E-state index contributed by atoms with van der Waals surface area (Å²) in [5.74, 6) is 1.47. The fourth-order valence-corrected chi connectivity index (χ4v) is 3.47. The third kappa shape index (κ3) is 4.10. The molecule has 0 spiro atoms. The van der Waals surface area contributed by atoms with E-state index in [0.29, 0.717) is 24.5 Å². The lowest BCUT2D eigenvalue weighted by molar-refractivity contribution is 0.265. The number of aromatic nitrogens is 1. The average Bonchev–Trinajstić information content (AvgIpc) is 2.99. The molecule has 1 aliphatic heterocycles. The molecule has 0 bridgehead atoms. The van der Waals surface area contributed by atoms with Crippen molar-refractivity contribution in [3.8, 4) is 0 Å². The van der Waals surface area contributed by atoms with Crippen LogP contribution in [0.2, 0.25) is 0 Å². The van der Waals surface area contributed by atoms with Gasteiger partial charge in [-0.05, 0) is 31.4 Å². The number of benzene rings is 1. The normalized spacial score (nSPS) is 21.9. The Labute approximate surface area is 150 Å². The summed E-state index contributed by atoms with van der Waals surface area (Å²) < 4.78 is 0. The quantitative estimate of drug-likeness (QED) is 0.664. The molecule has 0 saturated carbocycles. The second-order valence-electron chi connectivity index (χ2n) is 7.19. The Morgan fingerprint density at radius 3 is 2.80 bits per heavy atom. The molecule has 0 aliphatic carbocycles. The smallest absolute Gasteiger partial charge is 0.191 e. The summed E-state index contributed by atoms with van der Waals surface area (Å²) in [4.78, 5) is 11.4. The summed E-state index contributed by atoms with van der Waals surface area (Å²) in [6.07, 6.45) is 1.85. The van der Waals surface area contributed by atoms with Crippen molar-refractivity contribution in [2.45, 2.75) is 39.4 Å². The van der Waals surface area contributed by atoms with Crippen LogP contribution in [0.1, 0.15) is 26.3 Å². The Balaban J connectivity index is 1.63. The number of para-hydroxylation sites is 1. The molecule has 5 nitrogen and oxygen atoms in total. The zero-order chi connectivity index (χ0) is 17.8. The van der Waals surface area contributed by atoms with Gasteiger partial charge >= 0.3 is 0 Å². The third-order valence-corrected chi connectivity index (χ3v) is 5.08. The minimum Gasteiger partial charge on any atom is -0.352 e. The number of nitrogens with one attached hydrogen (secondary N) is 2. The zero-order valence-electron chi connectivity index (χ0n) is 15.7. The first-order chi connectivity index (χ1) is 12.1. The van der Waals surface area contributed by atoms with Crippen LogP contribution < -0.4 is 10.6 Å². The monoisotopic (exact) mass is 339 g/mol. The topological polar surface area (TPSA) is 52.6 Å². The van der Waals surface area contributed by atoms with Gasteiger partial charge in [-0.25, -0.2) is 0 Å². The standard InChI is InChI=1S/C20H29N5/c1-14(2)25-12-15(3)18(13-25)24-20(21-4)23-11-17-8-5-7-16-9-6-10-22-19(16)17/h5-10,14-15,18H,11-13H2,1-4H3,(H2,21,23,24). The fourth-order valence-electron chi connectivity index (χ4n) is 3.47. The summed E-state index contributed by atoms with van der Waals surface area (Å²) in [7, 11) is 1.83. The lowest BCUT2D eigenvalue weighted by Gasteiger charge is -2.22. The van der Waals surface area contributed by atoms with Crippen molar-refractivity contribution >= 4 is 16.9 Å². The summed E-state index contributed by atoms with van der Waals surface area (Å²) in [6, 6.07) is 11.4. The Hall–Kier alpha value is -2.14. The van der Waals surface area contributed by atoms with E-state index in [1.165, 1.54) is 10.9 Å². The van der Waals surface area contributed by atoms with E-state index in [1.807, 2.05) is 19.3 Å². The van der Waals surface area contributed by atoms with Crippen molar-refractivity contribution in [3.63, 3.8) is 0 Å². The van der Waals surface area contributed by atoms with Crippen LogP contribution in [0.3, 0.4) is 0 Å². The molecule has 2 N–H and O–H groups in total. The second-order valence-corrected chi connectivity index (χ2v) is 7.19. The van der Waals surface area contributed by atoms with Gasteiger partial charge in [-0.3, -0.25) is 14.9 Å². The predicted octanol–water partition coefficient (Wildman–Crippen LogP) is 2.63. The Morgan fingerprint density at radius 2 is 2.08 bits per heavy atom. The minimum atomic E-state index is 0.430. The van der Waals surface area contributed by atoms with Gasteiger partial charge in [0.2, 0.25) is 0 Å². The molecule has 0 radical (unpaired) electrons. The maximum Gasteiger partial charge on any atom is 0.191 e. The summed E-state index contributed by atoms with van der Waals surface area (Å²) in [5, 5.41) is 8.21. The lowest BCUT2D eigenvalue weighted by atomic mass is 10.1. The summed E-state index contributed by atoms with van der Waals surface area (Å²) in [5.41, 5.74) is 2.23. The van der Waals surface area contributed by atoms with E-state index in [2.05, 4.69) is 70.5 Å². The maximum atomic E-state index is 4.52. The maximum absolute atomic E-state index is 4.52. The number of rotatable bonds is 4. The van der Waals surface area contributed by atoms with E-state index in [-0.39, 0.29) is 0 Å². The van der Waals surface area contributed by atoms with Gasteiger partial charge in [0.25, 0.3) is 0 Å². The highest BCUT2D eigenvalue weighted by Crippen LogP contribution is 2.19. The van der Waals surface area contributed by atoms with Gasteiger partial charge in [0.05, 0.1) is 5.52 Å². The van der Waals surface area contributed by atoms with Gasteiger partial charge in [-0.15, -0.1) is 0 Å². The number of aliphatic imine (C=N–C) groups is 1. The first-order valence-electron chi connectivity index (χ1n) is 9.12. The van der Waals surface area contributed by atoms with Crippen molar-refractivity contribution in [1.82, 2.24) is 20.5 Å². The second kappa shape index (κ2) is 7.83. The van der Waals surface area contributed by atoms with E-state index in [0.717, 1.165) is 24.6 Å². The van der Waals surface area contributed by atoms with Gasteiger partial charge in [0.1, 0.15) is 0 Å². The van der Waals surface area contributed by atoms with Crippen LogP contribution in [0.25, 0.3) is 10.9 Å². The van der Waals surface area contributed by atoms with E-state index in [1.54, 1.807) is 0 Å². The molecular weight excluding hydrogens is 310 g/mol. The number of likely N-dealkylation sites (tertiary alicyclic amines) is 1. The van der Waals surface area contributed by atoms with Crippen LogP contribution in [0.4, 0.5) is 0 Å². The Morgan fingerprint density at radius 1 is 1.28 bits per heavy atom. The van der Waals surface area contributed by atoms with Crippen LogP contribution in [0.5, 0.6) is 0 Å². The number of hydrogen-bond acceptors (Lipinski definition) is 3. The van der Waals surface area contributed by atoms with Gasteiger partial charge in [0.15, 0.2) is 5.96 Å². The van der Waals surface area contributed by atoms with Crippen LogP contribution in [-0.2, 0) is 6.54 Å². The molecule has 2 heterocycles. The number of hydrogen-bond donors (Lipinski definition) is 2. The molecule has 0 amide bonds. The number of guanidine groups is 1. The van der Waals surface area contributed by atoms with Crippen LogP contribution in [0, 0.1) is 5.92 Å². The molecular formula is C20H29N5. The molecule has 3 rings (SSSR count). The van der Waals surface area contributed by atoms with Crippen molar-refractivity contribution in [2.75, 3.05) is 20.1 Å². The average molecular weight is 339 g/mol. The van der Waals surface area contributed by atoms with Crippen LogP contribution in [0.15, 0.2) is 41.5 Å². The Kier molecular flexibility index (Phi) is 5.53. The molecule has 2 atom stereocenters. The number of nitrogens with zero attached hydrogens (tertiary/aromatic N) is 3. The van der Waals surface area contributed by atoms with E-state index >= 15 is 0 Å². The lowest BCUT2D eigenvalue weighted by Crippen LogP contribution is -2.46. The largest absolute Gasteiger partial charge is 0.352 e. The van der Waals surface area contributed by atoms with Gasteiger partial charge < -0.3 is 10.6 Å². The molecule has 25 heavy (non-hydrogen) atoms. The van der Waals surface area contributed by atoms with Gasteiger partial charge in [0, 0.05) is 50.3 Å². The molecule has 1 aliphatic rings. The van der Waals surface area contributed by atoms with Crippen molar-refractivity contribution in [2.24, 2.45) is 10.9 Å². The molecule has 5 heteroatoms. The zero-order valence-corrected chi connectivity index (χ0v) is 15.7. The highest BCUT2D eigenvalue weighted by Gasteiger charge is 2.31. The molecule has 1 aromatic heterocycles. The van der Waals surface area contributed by atoms with Crippen molar-refractivity contribution in [3.05, 3.63) is 42.1 Å². The summed E-state index contributed by atoms with van der Waals surface area (Å²) in [6.45, 7) is 9.74. The number of pyridine rings is 1. The first kappa shape index (κ1) is 17.7. The van der Waals surface area contributed by atoms with Gasteiger partial charge in [-0.1, -0.05) is 31.2 Å². The number of fused-ring (bicyclic) bond motifs is 1. The van der Waals surface area contributed by atoms with Crippen LogP contribution in [-0.4, -0.2) is 48.1 Å². The molecule has 1 fully saturated rings. The fraction of sp³-hybridized carbons (Fsp3) is 0.500. The Bertz CT molecular complexity index is 734. The highest BCUT2D eigenvalue weighted by molar-refractivity contribution is 5.83. The van der Waals surface area contributed by atoms with E-state index in [9.17, 15) is 0 Å². The van der Waals surface area contributed by atoms with Crippen molar-refractivity contribution < 1.29 is 0 Å². The van der Waals surface area contributed by atoms with E-state index < -0.39 is 0 Å². The van der Waals surface area contributed by atoms with E-state index in [4.69, 9.17) is 0 Å². The molecule has 2 unspecified atom stereocenters. The SMILES string of the molecule is CN=C(NCc1cccc2cccnc12)NC1CN(C(C)C)CC1C. The molecule has 134 valence electrons. The predicted molar refractivity (Wildman–Crippen MR) is 105 cm³/mol. The first-order valence-corrected chi connectivity index (χ1v) is 9.12. The summed E-state index contributed by atoms with van der Waals surface area (Å²) >= 11 is 0. The third-order valence-electron chi connectivity index (χ3n) is 5.08. The van der Waals surface area contributed by atoms with Crippen LogP contribution >= 0.6 is 0 Å². The molecule has 1 aromatic carbocycles.